The van der Waals surface area contributed by atoms with Crippen molar-refractivity contribution in [2.45, 2.75) is 51.4 Å². The van der Waals surface area contributed by atoms with E-state index in [2.05, 4.69) is 19.1 Å². The highest BCUT2D eigenvalue weighted by Gasteiger charge is 2.21. The molecular weight excluding hydrogens is 212 g/mol. The maximum absolute atomic E-state index is 10.6. The van der Waals surface area contributed by atoms with Gasteiger partial charge in [0.05, 0.1) is 0 Å². The molecule has 0 amide bonds. The molecule has 17 heavy (non-hydrogen) atoms. The summed E-state index contributed by atoms with van der Waals surface area (Å²) in [6.45, 7) is 2.66. The van der Waals surface area contributed by atoms with Gasteiger partial charge >= 0.3 is 0 Å². The van der Waals surface area contributed by atoms with Crippen LogP contribution in [0.15, 0.2) is 12.1 Å². The van der Waals surface area contributed by atoms with Crippen molar-refractivity contribution >= 4 is 6.47 Å². The highest BCUT2D eigenvalue weighted by Crippen LogP contribution is 2.39. The fourth-order valence-electron chi connectivity index (χ4n) is 2.82. The molecule has 1 aliphatic carbocycles. The van der Waals surface area contributed by atoms with Gasteiger partial charge in [-0.2, -0.15) is 0 Å². The molecule has 1 radical (unpaired) electrons. The van der Waals surface area contributed by atoms with Crippen molar-refractivity contribution in [2.24, 2.45) is 0 Å². The van der Waals surface area contributed by atoms with Crippen LogP contribution >= 0.6 is 0 Å². The number of ether oxygens (including phenoxy) is 1. The molecule has 2 nitrogen and oxygen atoms in total. The predicted octanol–water partition coefficient (Wildman–Crippen LogP) is 3.63. The first-order valence-electron chi connectivity index (χ1n) is 6.50. The number of carbonyl (C=O) groups is 1. The molecule has 91 valence electrons. The number of benzene rings is 1. The number of rotatable bonds is 4. The second-order valence-electron chi connectivity index (χ2n) is 4.65. The van der Waals surface area contributed by atoms with E-state index in [1.54, 1.807) is 0 Å². The zero-order chi connectivity index (χ0) is 12.1. The summed E-state index contributed by atoms with van der Waals surface area (Å²) in [5, 5.41) is 0. The second kappa shape index (κ2) is 5.85. The molecule has 1 aliphatic rings. The van der Waals surface area contributed by atoms with Crippen LogP contribution in [0.2, 0.25) is 0 Å². The molecule has 0 spiro atoms. The van der Waals surface area contributed by atoms with E-state index in [0.717, 1.165) is 6.42 Å². The van der Waals surface area contributed by atoms with Crippen LogP contribution in [0.1, 0.15) is 56.1 Å². The van der Waals surface area contributed by atoms with E-state index >= 15 is 0 Å². The third-order valence-electron chi connectivity index (χ3n) is 3.65. The fraction of sp³-hybridized carbons (Fsp3) is 0.533. The predicted molar refractivity (Wildman–Crippen MR) is 67.2 cm³/mol. The van der Waals surface area contributed by atoms with Gasteiger partial charge in [0.25, 0.3) is 6.47 Å². The number of carbonyl (C=O) groups excluding carboxylic acids is 1. The average molecular weight is 231 g/mol. The van der Waals surface area contributed by atoms with Gasteiger partial charge in [0, 0.05) is 11.6 Å². The first-order chi connectivity index (χ1) is 8.36. The summed E-state index contributed by atoms with van der Waals surface area (Å²) in [6, 6.07) is 7.01. The van der Waals surface area contributed by atoms with E-state index in [0.29, 0.717) is 18.1 Å². The Morgan fingerprint density at radius 3 is 2.82 bits per heavy atom. The van der Waals surface area contributed by atoms with Crippen molar-refractivity contribution < 1.29 is 9.53 Å². The van der Waals surface area contributed by atoms with Crippen LogP contribution in [-0.2, 0) is 11.2 Å². The Hall–Kier alpha value is -1.31. The minimum absolute atomic E-state index is 0.512. The summed E-state index contributed by atoms with van der Waals surface area (Å²) in [5.41, 5.74) is 2.52. The summed E-state index contributed by atoms with van der Waals surface area (Å²) in [7, 11) is 0. The maximum atomic E-state index is 10.6. The summed E-state index contributed by atoms with van der Waals surface area (Å²) in [5.74, 6) is 1.19. The third kappa shape index (κ3) is 2.68. The Bertz CT molecular complexity index is 379. The quantitative estimate of drug-likeness (QED) is 0.740. The van der Waals surface area contributed by atoms with Crippen LogP contribution in [0.4, 0.5) is 0 Å². The molecule has 1 aromatic rings. The molecule has 0 atom stereocenters. The zero-order valence-electron chi connectivity index (χ0n) is 10.4. The Morgan fingerprint density at radius 1 is 1.41 bits per heavy atom. The summed E-state index contributed by atoms with van der Waals surface area (Å²) in [4.78, 5) is 10.6. The molecule has 1 fully saturated rings. The Balaban J connectivity index is 2.35. The van der Waals surface area contributed by atoms with E-state index in [9.17, 15) is 4.79 Å². The van der Waals surface area contributed by atoms with E-state index in [1.807, 2.05) is 6.07 Å². The number of aryl methyl sites for hydroxylation is 1. The van der Waals surface area contributed by atoms with Gasteiger partial charge in [-0.1, -0.05) is 38.3 Å². The van der Waals surface area contributed by atoms with Crippen molar-refractivity contribution in [1.82, 2.24) is 0 Å². The number of hydrogen-bond donors (Lipinski definition) is 0. The molecule has 0 aliphatic heterocycles. The van der Waals surface area contributed by atoms with Crippen LogP contribution in [0, 0.1) is 6.07 Å². The van der Waals surface area contributed by atoms with Crippen LogP contribution in [0.25, 0.3) is 0 Å². The van der Waals surface area contributed by atoms with Crippen LogP contribution in [-0.4, -0.2) is 6.47 Å². The topological polar surface area (TPSA) is 26.3 Å². The molecule has 0 N–H and O–H groups in total. The second-order valence-corrected chi connectivity index (χ2v) is 4.65. The van der Waals surface area contributed by atoms with Gasteiger partial charge in [-0.25, -0.2) is 0 Å². The zero-order valence-corrected chi connectivity index (χ0v) is 10.4. The lowest BCUT2D eigenvalue weighted by molar-refractivity contribution is -0.120. The molecular formula is C15H19O2. The standard InChI is InChI=1S/C15H19O2/c1-2-12-9-6-10-14(17-11-16)15(12)13-7-4-3-5-8-13/h6,9,11,13H,2-5,7-8H2,1H3. The Kier molecular flexibility index (Phi) is 4.18. The molecule has 2 heteroatoms. The molecule has 0 unspecified atom stereocenters. The van der Waals surface area contributed by atoms with Crippen molar-refractivity contribution in [3.8, 4) is 5.75 Å². The van der Waals surface area contributed by atoms with Gasteiger partial charge in [-0.15, -0.1) is 0 Å². The maximum Gasteiger partial charge on any atom is 0.298 e. The highest BCUT2D eigenvalue weighted by molar-refractivity contribution is 5.51. The van der Waals surface area contributed by atoms with Gasteiger partial charge in [0.1, 0.15) is 5.75 Å². The summed E-state index contributed by atoms with van der Waals surface area (Å²) in [6.07, 6.45) is 7.29. The SMILES string of the molecule is CCc1cc[c]c(OC=O)c1C1CCCCC1. The monoisotopic (exact) mass is 231 g/mol. The van der Waals surface area contributed by atoms with Gasteiger partial charge in [0.2, 0.25) is 0 Å². The third-order valence-corrected chi connectivity index (χ3v) is 3.65. The smallest absolute Gasteiger partial charge is 0.298 e. The normalized spacial score (nSPS) is 16.8. The minimum atomic E-state index is 0.512. The van der Waals surface area contributed by atoms with Crippen molar-refractivity contribution in [1.29, 1.82) is 0 Å². The van der Waals surface area contributed by atoms with Crippen molar-refractivity contribution in [3.05, 3.63) is 29.3 Å². The van der Waals surface area contributed by atoms with Gasteiger partial charge in [-0.3, -0.25) is 4.79 Å². The average Bonchev–Trinajstić information content (AvgIpc) is 2.40. The van der Waals surface area contributed by atoms with Crippen LogP contribution < -0.4 is 4.74 Å². The fourth-order valence-corrected chi connectivity index (χ4v) is 2.82. The van der Waals surface area contributed by atoms with Gasteiger partial charge < -0.3 is 4.74 Å². The molecule has 0 saturated heterocycles. The first kappa shape index (κ1) is 12.2. The lowest BCUT2D eigenvalue weighted by Crippen LogP contribution is -2.09. The molecule has 2 rings (SSSR count). The van der Waals surface area contributed by atoms with Crippen molar-refractivity contribution in [2.75, 3.05) is 0 Å². The molecule has 1 aromatic carbocycles. The number of hydrogen-bond acceptors (Lipinski definition) is 2. The molecule has 0 aromatic heterocycles. The van der Waals surface area contributed by atoms with Gasteiger partial charge in [0.15, 0.2) is 0 Å². The lowest BCUT2D eigenvalue weighted by atomic mass is 9.81. The van der Waals surface area contributed by atoms with Gasteiger partial charge in [-0.05, 0) is 30.7 Å². The first-order valence-corrected chi connectivity index (χ1v) is 6.50. The highest BCUT2D eigenvalue weighted by atomic mass is 16.5. The van der Waals surface area contributed by atoms with E-state index in [4.69, 9.17) is 4.74 Å². The molecule has 0 bridgehead atoms. The van der Waals surface area contributed by atoms with Crippen molar-refractivity contribution in [3.63, 3.8) is 0 Å². The minimum Gasteiger partial charge on any atom is -0.428 e. The summed E-state index contributed by atoms with van der Waals surface area (Å²) >= 11 is 0. The molecule has 0 heterocycles. The van der Waals surface area contributed by atoms with E-state index in [-0.39, 0.29) is 0 Å². The van der Waals surface area contributed by atoms with Crippen LogP contribution in [0.3, 0.4) is 0 Å². The largest absolute Gasteiger partial charge is 0.428 e. The Morgan fingerprint density at radius 2 is 2.18 bits per heavy atom. The van der Waals surface area contributed by atoms with Crippen LogP contribution in [0.5, 0.6) is 5.75 Å². The summed E-state index contributed by atoms with van der Waals surface area (Å²) < 4.78 is 5.10. The van der Waals surface area contributed by atoms with E-state index < -0.39 is 0 Å². The Labute approximate surface area is 103 Å². The lowest BCUT2D eigenvalue weighted by Gasteiger charge is -2.25. The molecule has 1 saturated carbocycles. The van der Waals surface area contributed by atoms with E-state index in [1.165, 1.54) is 43.2 Å².